The Balaban J connectivity index is 1.51. The molecule has 0 saturated carbocycles. The largest absolute Gasteiger partial charge is 0.341 e. The predicted octanol–water partition coefficient (Wildman–Crippen LogP) is 2.53. The molecule has 4 heterocycles. The van der Waals surface area contributed by atoms with Gasteiger partial charge in [0.25, 0.3) is 5.91 Å². The standard InChI is InChI=1S/C24H32N8O4S2/c1-5-25-24(34)29-21-19(18-9-8-16(4)28-20(18)37-21)22(33)31-10-12-32(13-11-31)38(35,36)17-14-26-23(27-15-17)30(6-2)7-3/h8-9,14-15H,5-7,10-13H2,1-4H3,(H2,25,29,34). The van der Waals surface area contributed by atoms with Crippen LogP contribution >= 0.6 is 11.3 Å². The minimum atomic E-state index is -3.81. The topological polar surface area (TPSA) is 141 Å². The van der Waals surface area contributed by atoms with Gasteiger partial charge in [-0.25, -0.2) is 28.2 Å². The molecule has 0 aromatic carbocycles. The Morgan fingerprint density at radius 1 is 1.05 bits per heavy atom. The zero-order valence-electron chi connectivity index (χ0n) is 21.9. The Morgan fingerprint density at radius 2 is 1.71 bits per heavy atom. The summed E-state index contributed by atoms with van der Waals surface area (Å²) in [5.74, 6) is 0.201. The summed E-state index contributed by atoms with van der Waals surface area (Å²) in [6.45, 7) is 10.2. The summed E-state index contributed by atoms with van der Waals surface area (Å²) in [7, 11) is -3.81. The number of aromatic nitrogens is 3. The molecular weight excluding hydrogens is 528 g/mol. The third kappa shape index (κ3) is 5.56. The molecule has 0 atom stereocenters. The average molecular weight is 561 g/mol. The lowest BCUT2D eigenvalue weighted by atomic mass is 10.1. The van der Waals surface area contributed by atoms with E-state index in [0.717, 1.165) is 5.69 Å². The van der Waals surface area contributed by atoms with Crippen LogP contribution in [0.25, 0.3) is 10.2 Å². The molecule has 204 valence electrons. The van der Waals surface area contributed by atoms with Crippen LogP contribution in [0.3, 0.4) is 0 Å². The number of fused-ring (bicyclic) bond motifs is 1. The van der Waals surface area contributed by atoms with E-state index in [4.69, 9.17) is 0 Å². The van der Waals surface area contributed by atoms with Gasteiger partial charge in [-0.1, -0.05) is 11.3 Å². The molecule has 1 saturated heterocycles. The summed E-state index contributed by atoms with van der Waals surface area (Å²) in [5, 5.41) is 6.51. The number of nitrogens with one attached hydrogen (secondary N) is 2. The first-order valence-corrected chi connectivity index (χ1v) is 14.8. The van der Waals surface area contributed by atoms with Crippen molar-refractivity contribution in [3.8, 4) is 0 Å². The fourth-order valence-electron chi connectivity index (χ4n) is 4.23. The fourth-order valence-corrected chi connectivity index (χ4v) is 6.65. The summed E-state index contributed by atoms with van der Waals surface area (Å²) in [5.41, 5.74) is 1.16. The van der Waals surface area contributed by atoms with Crippen LogP contribution in [0, 0.1) is 6.92 Å². The number of amides is 3. The minimum absolute atomic E-state index is 0.0203. The number of nitrogens with zero attached hydrogens (tertiary/aromatic N) is 6. The summed E-state index contributed by atoms with van der Waals surface area (Å²) in [6.07, 6.45) is 2.67. The lowest BCUT2D eigenvalue weighted by Gasteiger charge is -2.34. The van der Waals surface area contributed by atoms with Gasteiger partial charge in [-0.3, -0.25) is 10.1 Å². The smallest absolute Gasteiger partial charge is 0.319 e. The van der Waals surface area contributed by atoms with E-state index in [0.29, 0.717) is 46.4 Å². The molecule has 1 fully saturated rings. The highest BCUT2D eigenvalue weighted by Gasteiger charge is 2.33. The van der Waals surface area contributed by atoms with E-state index < -0.39 is 16.1 Å². The molecule has 38 heavy (non-hydrogen) atoms. The highest BCUT2D eigenvalue weighted by molar-refractivity contribution is 7.89. The second-order valence-corrected chi connectivity index (χ2v) is 11.6. The van der Waals surface area contributed by atoms with E-state index in [1.807, 2.05) is 37.8 Å². The van der Waals surface area contributed by atoms with E-state index in [1.54, 1.807) is 11.8 Å². The van der Waals surface area contributed by atoms with Crippen molar-refractivity contribution in [2.45, 2.75) is 32.6 Å². The third-order valence-electron chi connectivity index (χ3n) is 6.30. The first-order valence-electron chi connectivity index (χ1n) is 12.5. The van der Waals surface area contributed by atoms with Gasteiger partial charge in [0.05, 0.1) is 18.0 Å². The summed E-state index contributed by atoms with van der Waals surface area (Å²) in [4.78, 5) is 43.1. The van der Waals surface area contributed by atoms with E-state index in [-0.39, 0.29) is 37.0 Å². The SMILES string of the molecule is CCNC(=O)Nc1sc2nc(C)ccc2c1C(=O)N1CCN(S(=O)(=O)c2cnc(N(CC)CC)nc2)CC1. The molecule has 1 aliphatic rings. The second kappa shape index (κ2) is 11.6. The monoisotopic (exact) mass is 560 g/mol. The van der Waals surface area contributed by atoms with Crippen LogP contribution in [0.1, 0.15) is 36.8 Å². The molecule has 3 aromatic heterocycles. The molecule has 0 aliphatic carbocycles. The van der Waals surface area contributed by atoms with Gasteiger partial charge in [0.2, 0.25) is 16.0 Å². The Morgan fingerprint density at radius 3 is 2.32 bits per heavy atom. The number of pyridine rings is 1. The molecule has 2 N–H and O–H groups in total. The van der Waals surface area contributed by atoms with Crippen molar-refractivity contribution in [2.75, 3.05) is 56.0 Å². The fraction of sp³-hybridized carbons (Fsp3) is 0.458. The summed E-state index contributed by atoms with van der Waals surface area (Å²) in [6, 6.07) is 3.24. The number of carbonyl (C=O) groups is 2. The van der Waals surface area contributed by atoms with Gasteiger partial charge in [0.15, 0.2) is 0 Å². The lowest BCUT2D eigenvalue weighted by molar-refractivity contribution is 0.0701. The Bertz CT molecular complexity index is 1410. The molecular formula is C24H32N8O4S2. The van der Waals surface area contributed by atoms with Crippen LogP contribution in [-0.2, 0) is 10.0 Å². The van der Waals surface area contributed by atoms with Crippen LogP contribution < -0.4 is 15.5 Å². The third-order valence-corrected chi connectivity index (χ3v) is 9.16. The number of piperazine rings is 1. The number of rotatable bonds is 8. The maximum atomic E-state index is 13.6. The Hall–Kier alpha value is -3.36. The molecule has 3 amide bonds. The molecule has 0 unspecified atom stereocenters. The van der Waals surface area contributed by atoms with Crippen molar-refractivity contribution >= 4 is 54.5 Å². The van der Waals surface area contributed by atoms with Gasteiger partial charge in [-0.2, -0.15) is 4.31 Å². The number of sulfonamides is 1. The zero-order valence-corrected chi connectivity index (χ0v) is 23.5. The van der Waals surface area contributed by atoms with E-state index in [2.05, 4.69) is 25.6 Å². The highest BCUT2D eigenvalue weighted by Crippen LogP contribution is 2.36. The van der Waals surface area contributed by atoms with Crippen LogP contribution in [0.4, 0.5) is 15.7 Å². The number of hydrogen-bond acceptors (Lipinski definition) is 9. The Kier molecular flexibility index (Phi) is 8.43. The molecule has 0 spiro atoms. The quantitative estimate of drug-likeness (QED) is 0.428. The van der Waals surface area contributed by atoms with Crippen LogP contribution in [0.15, 0.2) is 29.4 Å². The molecule has 0 radical (unpaired) electrons. The van der Waals surface area contributed by atoms with Gasteiger partial charge < -0.3 is 15.1 Å². The van der Waals surface area contributed by atoms with Gasteiger partial charge in [-0.15, -0.1) is 0 Å². The van der Waals surface area contributed by atoms with Gasteiger partial charge in [-0.05, 0) is 39.8 Å². The van der Waals surface area contributed by atoms with Crippen molar-refractivity contribution in [2.24, 2.45) is 0 Å². The molecule has 12 nitrogen and oxygen atoms in total. The summed E-state index contributed by atoms with van der Waals surface area (Å²) >= 11 is 1.24. The molecule has 4 rings (SSSR count). The first-order chi connectivity index (χ1) is 18.2. The normalized spacial score (nSPS) is 14.5. The minimum Gasteiger partial charge on any atom is -0.341 e. The van der Waals surface area contributed by atoms with Gasteiger partial charge in [0, 0.05) is 56.9 Å². The number of hydrogen-bond donors (Lipinski definition) is 2. The lowest BCUT2D eigenvalue weighted by Crippen LogP contribution is -2.50. The van der Waals surface area contributed by atoms with Crippen molar-refractivity contribution in [1.82, 2.24) is 29.5 Å². The van der Waals surface area contributed by atoms with Gasteiger partial charge >= 0.3 is 6.03 Å². The van der Waals surface area contributed by atoms with Crippen molar-refractivity contribution in [3.05, 3.63) is 35.8 Å². The maximum Gasteiger partial charge on any atom is 0.319 e. The molecule has 3 aromatic rings. The second-order valence-electron chi connectivity index (χ2n) is 8.68. The van der Waals surface area contributed by atoms with Crippen molar-refractivity contribution < 1.29 is 18.0 Å². The molecule has 0 bridgehead atoms. The van der Waals surface area contributed by atoms with E-state index in [1.165, 1.54) is 28.0 Å². The first kappa shape index (κ1) is 27.7. The maximum absolute atomic E-state index is 13.6. The number of carbonyl (C=O) groups excluding carboxylic acids is 2. The Labute approximate surface area is 226 Å². The highest BCUT2D eigenvalue weighted by atomic mass is 32.2. The van der Waals surface area contributed by atoms with Crippen LogP contribution in [0.2, 0.25) is 0 Å². The van der Waals surface area contributed by atoms with Crippen LogP contribution in [-0.4, -0.2) is 90.3 Å². The average Bonchev–Trinajstić information content (AvgIpc) is 3.26. The molecule has 1 aliphatic heterocycles. The van der Waals surface area contributed by atoms with Crippen LogP contribution in [0.5, 0.6) is 0 Å². The van der Waals surface area contributed by atoms with Crippen molar-refractivity contribution in [1.29, 1.82) is 0 Å². The number of urea groups is 1. The van der Waals surface area contributed by atoms with Gasteiger partial charge in [0.1, 0.15) is 14.7 Å². The number of thiophene rings is 1. The van der Waals surface area contributed by atoms with E-state index in [9.17, 15) is 18.0 Å². The molecule has 14 heteroatoms. The van der Waals surface area contributed by atoms with E-state index >= 15 is 0 Å². The summed E-state index contributed by atoms with van der Waals surface area (Å²) < 4.78 is 27.8. The number of anilines is 2. The van der Waals surface area contributed by atoms with Crippen molar-refractivity contribution in [3.63, 3.8) is 0 Å². The zero-order chi connectivity index (χ0) is 27.4. The number of aryl methyl sites for hydroxylation is 1. The predicted molar refractivity (Wildman–Crippen MR) is 147 cm³/mol.